The average Bonchev–Trinajstić information content (AvgIpc) is 2.78. The van der Waals surface area contributed by atoms with E-state index in [0.29, 0.717) is 6.04 Å². The van der Waals surface area contributed by atoms with Gasteiger partial charge in [0.2, 0.25) is 0 Å². The average molecular weight is 235 g/mol. The molecule has 2 rings (SSSR count). The van der Waals surface area contributed by atoms with Gasteiger partial charge >= 0.3 is 0 Å². The van der Waals surface area contributed by atoms with Crippen LogP contribution in [0, 0.1) is 0 Å². The zero-order valence-corrected chi connectivity index (χ0v) is 11.1. The normalized spacial score (nSPS) is 16.1. The maximum atomic E-state index is 3.98. The summed E-state index contributed by atoms with van der Waals surface area (Å²) in [4.78, 5) is 3.15. The molecule has 0 aliphatic heterocycles. The summed E-state index contributed by atoms with van der Waals surface area (Å²) in [6, 6.07) is 2.94. The molecule has 0 amide bonds. The Morgan fingerprint density at radius 2 is 2.38 bits per heavy atom. The van der Waals surface area contributed by atoms with Crippen molar-refractivity contribution in [2.75, 3.05) is 7.05 Å². The molecule has 0 fully saturated rings. The number of hydrogen-bond acceptors (Lipinski definition) is 2. The molecule has 1 aromatic rings. The number of allylic oxidation sites excluding steroid dienone is 1. The van der Waals surface area contributed by atoms with Gasteiger partial charge in [-0.3, -0.25) is 0 Å². The standard InChI is InChI=1S/C14H21NS/c1-10(2)7-8-12(15-3)14-9-11-5-4-6-13(11)16-14/h9,12,15H,1,4-8H2,2-3H3. The predicted molar refractivity (Wildman–Crippen MR) is 72.2 cm³/mol. The lowest BCUT2D eigenvalue weighted by Gasteiger charge is -2.14. The highest BCUT2D eigenvalue weighted by molar-refractivity contribution is 7.12. The molecule has 0 spiro atoms. The van der Waals surface area contributed by atoms with Crippen LogP contribution >= 0.6 is 11.3 Å². The lowest BCUT2D eigenvalue weighted by molar-refractivity contribution is 0.556. The maximum Gasteiger partial charge on any atom is 0.0415 e. The number of fused-ring (bicyclic) bond motifs is 1. The Balaban J connectivity index is 2.05. The fourth-order valence-electron chi connectivity index (χ4n) is 2.34. The van der Waals surface area contributed by atoms with Crippen LogP contribution in [0.25, 0.3) is 0 Å². The molecule has 0 bridgehead atoms. The smallest absolute Gasteiger partial charge is 0.0415 e. The molecule has 1 atom stereocenters. The van der Waals surface area contributed by atoms with Crippen molar-refractivity contribution in [2.24, 2.45) is 0 Å². The fourth-order valence-corrected chi connectivity index (χ4v) is 3.75. The molecule has 2 heteroatoms. The van der Waals surface area contributed by atoms with Gasteiger partial charge in [0.05, 0.1) is 0 Å². The van der Waals surface area contributed by atoms with Gasteiger partial charge in [0.1, 0.15) is 0 Å². The summed E-state index contributed by atoms with van der Waals surface area (Å²) in [6.45, 7) is 6.09. The van der Waals surface area contributed by atoms with Gasteiger partial charge in [-0.25, -0.2) is 0 Å². The van der Waals surface area contributed by atoms with Crippen LogP contribution in [-0.4, -0.2) is 7.05 Å². The van der Waals surface area contributed by atoms with E-state index < -0.39 is 0 Å². The second-order valence-electron chi connectivity index (χ2n) is 4.79. The highest BCUT2D eigenvalue weighted by Crippen LogP contribution is 2.35. The number of nitrogens with one attached hydrogen (secondary N) is 1. The van der Waals surface area contributed by atoms with Crippen molar-refractivity contribution in [3.63, 3.8) is 0 Å². The first-order chi connectivity index (χ1) is 7.70. The van der Waals surface area contributed by atoms with E-state index in [0.717, 1.165) is 6.42 Å². The maximum absolute atomic E-state index is 3.98. The number of thiophene rings is 1. The van der Waals surface area contributed by atoms with Crippen molar-refractivity contribution in [2.45, 2.75) is 45.1 Å². The number of hydrogen-bond donors (Lipinski definition) is 1. The van der Waals surface area contributed by atoms with Crippen molar-refractivity contribution in [3.05, 3.63) is 33.5 Å². The van der Waals surface area contributed by atoms with Crippen molar-refractivity contribution < 1.29 is 0 Å². The first-order valence-electron chi connectivity index (χ1n) is 6.14. The van der Waals surface area contributed by atoms with Crippen molar-refractivity contribution in [1.82, 2.24) is 5.32 Å². The van der Waals surface area contributed by atoms with Gasteiger partial charge in [-0.1, -0.05) is 5.57 Å². The molecule has 1 aromatic heterocycles. The molecule has 0 saturated carbocycles. The quantitative estimate of drug-likeness (QED) is 0.764. The van der Waals surface area contributed by atoms with E-state index in [2.05, 4.69) is 31.9 Å². The molecule has 0 saturated heterocycles. The van der Waals surface area contributed by atoms with Crippen LogP contribution in [0.2, 0.25) is 0 Å². The summed E-state index contributed by atoms with van der Waals surface area (Å²) >= 11 is 2.01. The van der Waals surface area contributed by atoms with Crippen molar-refractivity contribution >= 4 is 11.3 Å². The Labute approximate surface area is 103 Å². The summed E-state index contributed by atoms with van der Waals surface area (Å²) in [6.07, 6.45) is 6.25. The molecular weight excluding hydrogens is 214 g/mol. The molecule has 1 nitrogen and oxygen atoms in total. The van der Waals surface area contributed by atoms with Gasteiger partial charge in [-0.05, 0) is 57.7 Å². The third-order valence-electron chi connectivity index (χ3n) is 3.32. The van der Waals surface area contributed by atoms with E-state index in [-0.39, 0.29) is 0 Å². The van der Waals surface area contributed by atoms with Crippen LogP contribution in [-0.2, 0) is 12.8 Å². The van der Waals surface area contributed by atoms with Gasteiger partial charge in [-0.2, -0.15) is 0 Å². The van der Waals surface area contributed by atoms with E-state index in [1.807, 2.05) is 11.3 Å². The second kappa shape index (κ2) is 5.15. The van der Waals surface area contributed by atoms with Crippen LogP contribution in [0.3, 0.4) is 0 Å². The molecule has 1 aliphatic carbocycles. The molecule has 1 heterocycles. The van der Waals surface area contributed by atoms with E-state index >= 15 is 0 Å². The zero-order valence-electron chi connectivity index (χ0n) is 10.3. The van der Waals surface area contributed by atoms with Crippen LogP contribution in [0.5, 0.6) is 0 Å². The topological polar surface area (TPSA) is 12.0 Å². The Bertz CT molecular complexity index is 357. The van der Waals surface area contributed by atoms with Gasteiger partial charge < -0.3 is 5.32 Å². The van der Waals surface area contributed by atoms with Crippen molar-refractivity contribution in [1.29, 1.82) is 0 Å². The summed E-state index contributed by atoms with van der Waals surface area (Å²) in [5, 5.41) is 3.43. The molecule has 1 N–H and O–H groups in total. The summed E-state index contributed by atoms with van der Waals surface area (Å²) in [7, 11) is 2.06. The van der Waals surface area contributed by atoms with E-state index in [9.17, 15) is 0 Å². The van der Waals surface area contributed by atoms with Crippen LogP contribution in [0.1, 0.15) is 47.5 Å². The Hall–Kier alpha value is -0.600. The first-order valence-corrected chi connectivity index (χ1v) is 6.95. The summed E-state index contributed by atoms with van der Waals surface area (Å²) in [5.41, 5.74) is 2.89. The van der Waals surface area contributed by atoms with Gasteiger partial charge in [0.25, 0.3) is 0 Å². The van der Waals surface area contributed by atoms with Gasteiger partial charge in [-0.15, -0.1) is 17.9 Å². The SMILES string of the molecule is C=C(C)CCC(NC)c1cc2c(s1)CCC2. The Morgan fingerprint density at radius 1 is 1.56 bits per heavy atom. The van der Waals surface area contributed by atoms with Crippen LogP contribution in [0.15, 0.2) is 18.2 Å². The number of rotatable bonds is 5. The largest absolute Gasteiger partial charge is 0.312 e. The van der Waals surface area contributed by atoms with Crippen LogP contribution in [0.4, 0.5) is 0 Å². The zero-order chi connectivity index (χ0) is 11.5. The highest BCUT2D eigenvalue weighted by atomic mass is 32.1. The van der Waals surface area contributed by atoms with E-state index in [4.69, 9.17) is 0 Å². The first kappa shape index (κ1) is 11.9. The molecule has 1 aliphatic rings. The minimum absolute atomic E-state index is 0.521. The summed E-state index contributed by atoms with van der Waals surface area (Å²) in [5.74, 6) is 0. The van der Waals surface area contributed by atoms with Crippen LogP contribution < -0.4 is 5.32 Å². The minimum Gasteiger partial charge on any atom is -0.312 e. The lowest BCUT2D eigenvalue weighted by atomic mass is 10.1. The third kappa shape index (κ3) is 2.55. The van der Waals surface area contributed by atoms with Crippen molar-refractivity contribution in [3.8, 4) is 0 Å². The molecule has 16 heavy (non-hydrogen) atoms. The van der Waals surface area contributed by atoms with Gasteiger partial charge in [0, 0.05) is 15.8 Å². The van der Waals surface area contributed by atoms with E-state index in [1.54, 1.807) is 10.4 Å². The highest BCUT2D eigenvalue weighted by Gasteiger charge is 2.18. The molecule has 0 radical (unpaired) electrons. The Kier molecular flexibility index (Phi) is 3.82. The fraction of sp³-hybridized carbons (Fsp3) is 0.571. The molecular formula is C14H21NS. The monoisotopic (exact) mass is 235 g/mol. The predicted octanol–water partition coefficient (Wildman–Crippen LogP) is 3.85. The Morgan fingerprint density at radius 3 is 3.00 bits per heavy atom. The minimum atomic E-state index is 0.521. The molecule has 1 unspecified atom stereocenters. The summed E-state index contributed by atoms with van der Waals surface area (Å²) < 4.78 is 0. The molecule has 0 aromatic carbocycles. The van der Waals surface area contributed by atoms with E-state index in [1.165, 1.54) is 36.1 Å². The third-order valence-corrected chi connectivity index (χ3v) is 4.67. The number of aryl methyl sites for hydroxylation is 2. The van der Waals surface area contributed by atoms with Gasteiger partial charge in [0.15, 0.2) is 0 Å². The second-order valence-corrected chi connectivity index (χ2v) is 5.96. The lowest BCUT2D eigenvalue weighted by Crippen LogP contribution is -2.15. The molecule has 88 valence electrons.